The highest BCUT2D eigenvalue weighted by atomic mass is 79.9. The monoisotopic (exact) mass is 261 g/mol. The van der Waals surface area contributed by atoms with E-state index in [1.165, 1.54) is 0 Å². The van der Waals surface area contributed by atoms with Crippen LogP contribution in [0.4, 0.5) is 0 Å². The lowest BCUT2D eigenvalue weighted by molar-refractivity contribution is 1.29. The molecule has 0 atom stereocenters. The van der Waals surface area contributed by atoms with Gasteiger partial charge in [0.05, 0.1) is 10.2 Å². The Morgan fingerprint density at radius 1 is 1.50 bits per heavy atom. The maximum absolute atomic E-state index is 4.10. The molecule has 52 valence electrons. The normalized spacial score (nSPS) is 11.6. The van der Waals surface area contributed by atoms with Gasteiger partial charge in [0.1, 0.15) is 0 Å². The van der Waals surface area contributed by atoms with Gasteiger partial charge in [0.15, 0.2) is 0 Å². The first kappa shape index (κ1) is 7.95. The van der Waals surface area contributed by atoms with E-state index in [4.69, 9.17) is 0 Å². The van der Waals surface area contributed by atoms with Crippen LogP contribution >= 0.6 is 31.9 Å². The van der Waals surface area contributed by atoms with Crippen LogP contribution in [0.25, 0.3) is 4.48 Å². The smallest absolute Gasteiger partial charge is 0.0776 e. The number of aromatic nitrogens is 1. The van der Waals surface area contributed by atoms with E-state index in [1.54, 1.807) is 11.2 Å². The van der Waals surface area contributed by atoms with Gasteiger partial charge in [0.2, 0.25) is 0 Å². The predicted molar refractivity (Wildman–Crippen MR) is 50.1 cm³/mol. The molecule has 0 aliphatic rings. The summed E-state index contributed by atoms with van der Waals surface area (Å²) in [6, 6.07) is 5.76. The molecule has 0 aliphatic carbocycles. The van der Waals surface area contributed by atoms with Crippen LogP contribution in [0.2, 0.25) is 0 Å². The first-order valence-electron chi connectivity index (χ1n) is 2.72. The first-order chi connectivity index (χ1) is 4.84. The van der Waals surface area contributed by atoms with Gasteiger partial charge in [-0.15, -0.1) is 0 Å². The SMILES string of the molecule is Br/C=C(/Br)c1ccccn1. The molecule has 10 heavy (non-hydrogen) atoms. The summed E-state index contributed by atoms with van der Waals surface area (Å²) in [7, 11) is 0. The van der Waals surface area contributed by atoms with Crippen molar-refractivity contribution in [3.63, 3.8) is 0 Å². The highest BCUT2D eigenvalue weighted by Crippen LogP contribution is 2.19. The van der Waals surface area contributed by atoms with Crippen molar-refractivity contribution >= 4 is 36.3 Å². The second kappa shape index (κ2) is 3.88. The molecular weight excluding hydrogens is 258 g/mol. The third-order valence-electron chi connectivity index (χ3n) is 1.01. The summed E-state index contributed by atoms with van der Waals surface area (Å²) in [6.45, 7) is 0. The average molecular weight is 263 g/mol. The molecule has 3 heteroatoms. The van der Waals surface area contributed by atoms with Crippen molar-refractivity contribution in [2.45, 2.75) is 0 Å². The number of rotatable bonds is 1. The zero-order chi connectivity index (χ0) is 7.40. The zero-order valence-electron chi connectivity index (χ0n) is 5.09. The van der Waals surface area contributed by atoms with Crippen molar-refractivity contribution in [1.29, 1.82) is 0 Å². The molecule has 0 unspecified atom stereocenters. The predicted octanol–water partition coefficient (Wildman–Crippen LogP) is 3.17. The maximum Gasteiger partial charge on any atom is 0.0776 e. The summed E-state index contributed by atoms with van der Waals surface area (Å²) < 4.78 is 0.952. The minimum absolute atomic E-state index is 0.930. The second-order valence-electron chi connectivity index (χ2n) is 1.67. The van der Waals surface area contributed by atoms with Crippen LogP contribution in [-0.2, 0) is 0 Å². The van der Waals surface area contributed by atoms with Gasteiger partial charge in [-0.2, -0.15) is 0 Å². The molecule has 0 saturated carbocycles. The fraction of sp³-hybridized carbons (Fsp3) is 0. The molecule has 0 aromatic carbocycles. The van der Waals surface area contributed by atoms with Crippen molar-refractivity contribution in [3.8, 4) is 0 Å². The summed E-state index contributed by atoms with van der Waals surface area (Å²) in [4.78, 5) is 5.89. The average Bonchev–Trinajstić information content (AvgIpc) is 2.05. The van der Waals surface area contributed by atoms with E-state index >= 15 is 0 Å². The summed E-state index contributed by atoms with van der Waals surface area (Å²) in [5, 5.41) is 0. The van der Waals surface area contributed by atoms with Crippen molar-refractivity contribution in [2.75, 3.05) is 0 Å². The van der Waals surface area contributed by atoms with Crippen LogP contribution in [0.5, 0.6) is 0 Å². The summed E-state index contributed by atoms with van der Waals surface area (Å²) >= 11 is 6.54. The van der Waals surface area contributed by atoms with Crippen LogP contribution in [-0.4, -0.2) is 4.98 Å². The molecule has 0 amide bonds. The molecular formula is C7H5Br2N. The van der Waals surface area contributed by atoms with Crippen molar-refractivity contribution in [1.82, 2.24) is 4.98 Å². The van der Waals surface area contributed by atoms with Gasteiger partial charge in [0, 0.05) is 6.20 Å². The highest BCUT2D eigenvalue weighted by Gasteiger charge is 1.93. The van der Waals surface area contributed by atoms with Gasteiger partial charge in [-0.05, 0) is 33.0 Å². The van der Waals surface area contributed by atoms with Crippen LogP contribution in [0.15, 0.2) is 29.4 Å². The summed E-state index contributed by atoms with van der Waals surface area (Å²) in [5.41, 5.74) is 0.930. The zero-order valence-corrected chi connectivity index (χ0v) is 8.26. The number of halogens is 2. The van der Waals surface area contributed by atoms with Crippen molar-refractivity contribution in [3.05, 3.63) is 35.1 Å². The van der Waals surface area contributed by atoms with Gasteiger partial charge in [-0.3, -0.25) is 4.98 Å². The first-order valence-corrected chi connectivity index (χ1v) is 4.43. The van der Waals surface area contributed by atoms with E-state index in [9.17, 15) is 0 Å². The molecule has 1 nitrogen and oxygen atoms in total. The molecule has 0 spiro atoms. The van der Waals surface area contributed by atoms with E-state index in [-0.39, 0.29) is 0 Å². The van der Waals surface area contributed by atoms with Crippen molar-refractivity contribution in [2.24, 2.45) is 0 Å². The molecule has 1 heterocycles. The minimum Gasteiger partial charge on any atom is -0.256 e. The topological polar surface area (TPSA) is 12.9 Å². The van der Waals surface area contributed by atoms with E-state index in [1.807, 2.05) is 18.2 Å². The fourth-order valence-electron chi connectivity index (χ4n) is 0.560. The van der Waals surface area contributed by atoms with Crippen molar-refractivity contribution < 1.29 is 0 Å². The number of pyridine rings is 1. The number of hydrogen-bond donors (Lipinski definition) is 0. The number of nitrogens with zero attached hydrogens (tertiary/aromatic N) is 1. The Balaban J connectivity index is 2.96. The lowest BCUT2D eigenvalue weighted by Crippen LogP contribution is -1.78. The Labute approximate surface area is 76.4 Å². The third kappa shape index (κ3) is 1.92. The largest absolute Gasteiger partial charge is 0.256 e. The van der Waals surface area contributed by atoms with Gasteiger partial charge >= 0.3 is 0 Å². The van der Waals surface area contributed by atoms with Crippen LogP contribution in [0, 0.1) is 0 Å². The molecule has 0 bridgehead atoms. The molecule has 1 aromatic rings. The summed E-state index contributed by atoms with van der Waals surface area (Å²) in [5.74, 6) is 0. The Bertz CT molecular complexity index is 231. The maximum atomic E-state index is 4.10. The minimum atomic E-state index is 0.930. The van der Waals surface area contributed by atoms with E-state index < -0.39 is 0 Å². The Kier molecular flexibility index (Phi) is 3.09. The van der Waals surface area contributed by atoms with Crippen LogP contribution < -0.4 is 0 Å². The lowest BCUT2D eigenvalue weighted by atomic mass is 10.3. The third-order valence-corrected chi connectivity index (χ3v) is 2.71. The number of hydrogen-bond acceptors (Lipinski definition) is 1. The fourth-order valence-corrected chi connectivity index (χ4v) is 1.03. The van der Waals surface area contributed by atoms with Gasteiger partial charge in [-0.25, -0.2) is 0 Å². The van der Waals surface area contributed by atoms with Gasteiger partial charge in [-0.1, -0.05) is 22.0 Å². The van der Waals surface area contributed by atoms with Crippen LogP contribution in [0.3, 0.4) is 0 Å². The lowest BCUT2D eigenvalue weighted by Gasteiger charge is -1.93. The Morgan fingerprint density at radius 3 is 2.80 bits per heavy atom. The summed E-state index contributed by atoms with van der Waals surface area (Å²) in [6.07, 6.45) is 1.76. The molecule has 0 radical (unpaired) electrons. The molecule has 0 N–H and O–H groups in total. The molecule has 0 aliphatic heterocycles. The van der Waals surface area contributed by atoms with E-state index in [0.29, 0.717) is 0 Å². The molecule has 1 rings (SSSR count). The quantitative estimate of drug-likeness (QED) is 0.758. The van der Waals surface area contributed by atoms with E-state index in [0.717, 1.165) is 10.2 Å². The molecule has 1 aromatic heterocycles. The standard InChI is InChI=1S/C7H5Br2N/c8-5-6(9)7-3-1-2-4-10-7/h1-5H/b6-5+. The second-order valence-corrected chi connectivity index (χ2v) is 2.98. The highest BCUT2D eigenvalue weighted by molar-refractivity contribution is 9.16. The molecule has 0 fully saturated rings. The van der Waals surface area contributed by atoms with Gasteiger partial charge < -0.3 is 0 Å². The Morgan fingerprint density at radius 2 is 2.30 bits per heavy atom. The van der Waals surface area contributed by atoms with Crippen LogP contribution in [0.1, 0.15) is 5.69 Å². The molecule has 0 saturated heterocycles. The van der Waals surface area contributed by atoms with Gasteiger partial charge in [0.25, 0.3) is 0 Å². The van der Waals surface area contributed by atoms with E-state index in [2.05, 4.69) is 36.8 Å². The Hall–Kier alpha value is -0.150.